The summed E-state index contributed by atoms with van der Waals surface area (Å²) in [6.07, 6.45) is -0.0331. The van der Waals surface area contributed by atoms with Gasteiger partial charge in [-0.1, -0.05) is 18.2 Å². The number of nitrogens with zero attached hydrogens (tertiary/aromatic N) is 2. The maximum Gasteiger partial charge on any atom is 0.133 e. The number of fused-ring (bicyclic) bond motifs is 3. The molecule has 2 aliphatic heterocycles. The maximum absolute atomic E-state index is 15.8. The summed E-state index contributed by atoms with van der Waals surface area (Å²) in [6, 6.07) is 9.79. The summed E-state index contributed by atoms with van der Waals surface area (Å²) < 4.78 is 58.3. The normalized spacial score (nSPS) is 21.4. The van der Waals surface area contributed by atoms with E-state index in [1.165, 1.54) is 19.1 Å². The largest absolute Gasteiger partial charge is 0.380 e. The fourth-order valence-corrected chi connectivity index (χ4v) is 5.90. The number of H-pyrrole nitrogens is 1. The van der Waals surface area contributed by atoms with Gasteiger partial charge in [-0.05, 0) is 57.4 Å². The Kier molecular flexibility index (Phi) is 6.76. The Morgan fingerprint density at radius 2 is 1.83 bits per heavy atom. The van der Waals surface area contributed by atoms with Gasteiger partial charge in [-0.25, -0.2) is 13.2 Å². The lowest BCUT2D eigenvalue weighted by atomic mass is 9.81. The summed E-state index contributed by atoms with van der Waals surface area (Å²) in [5.74, 6) is -1.31. The lowest BCUT2D eigenvalue weighted by Crippen LogP contribution is -2.54. The zero-order valence-electron chi connectivity index (χ0n) is 21.1. The Labute approximate surface area is 209 Å². The number of benzene rings is 2. The van der Waals surface area contributed by atoms with Gasteiger partial charge >= 0.3 is 0 Å². The molecular weight excluding hydrogens is 468 g/mol. The number of para-hydroxylation sites is 1. The number of hydrogen-bond acceptors (Lipinski definition) is 3. The Balaban J connectivity index is 1.51. The minimum Gasteiger partial charge on any atom is -0.380 e. The van der Waals surface area contributed by atoms with Crippen molar-refractivity contribution in [2.75, 3.05) is 38.2 Å². The van der Waals surface area contributed by atoms with Gasteiger partial charge < -0.3 is 10.3 Å². The number of alkyl halides is 2. The van der Waals surface area contributed by atoms with E-state index in [9.17, 15) is 8.78 Å². The van der Waals surface area contributed by atoms with Gasteiger partial charge in [0.05, 0.1) is 18.8 Å². The molecule has 3 heterocycles. The Morgan fingerprint density at radius 1 is 1.14 bits per heavy atom. The van der Waals surface area contributed by atoms with Crippen LogP contribution in [-0.4, -0.2) is 65.4 Å². The van der Waals surface area contributed by atoms with E-state index in [-0.39, 0.29) is 24.8 Å². The molecule has 0 radical (unpaired) electrons. The predicted molar refractivity (Wildman–Crippen MR) is 136 cm³/mol. The molecule has 36 heavy (non-hydrogen) atoms. The van der Waals surface area contributed by atoms with Gasteiger partial charge in [0.2, 0.25) is 0 Å². The summed E-state index contributed by atoms with van der Waals surface area (Å²) in [6.45, 7) is 7.30. The number of aromatic amines is 1. The van der Waals surface area contributed by atoms with Gasteiger partial charge in [0.1, 0.15) is 17.8 Å². The molecule has 0 aliphatic carbocycles. The highest BCUT2D eigenvalue weighted by atomic mass is 19.1. The van der Waals surface area contributed by atoms with Crippen molar-refractivity contribution in [1.29, 1.82) is 0 Å². The van der Waals surface area contributed by atoms with E-state index in [4.69, 9.17) is 0 Å². The molecule has 2 N–H and O–H groups in total. The number of nitrogens with one attached hydrogen (secondary N) is 2. The van der Waals surface area contributed by atoms with Crippen LogP contribution in [0, 0.1) is 11.6 Å². The molecule has 8 heteroatoms. The van der Waals surface area contributed by atoms with Gasteiger partial charge in [0.25, 0.3) is 0 Å². The summed E-state index contributed by atoms with van der Waals surface area (Å²) in [5.41, 5.74) is 2.43. The molecule has 2 aliphatic rings. The molecule has 2 atom stereocenters. The lowest BCUT2D eigenvalue weighted by molar-refractivity contribution is 0.0444. The van der Waals surface area contributed by atoms with Crippen LogP contribution in [0.25, 0.3) is 10.9 Å². The van der Waals surface area contributed by atoms with Crippen molar-refractivity contribution in [2.24, 2.45) is 0 Å². The van der Waals surface area contributed by atoms with Crippen LogP contribution >= 0.6 is 0 Å². The van der Waals surface area contributed by atoms with E-state index in [1.807, 2.05) is 43.0 Å². The molecule has 0 spiro atoms. The zero-order valence-corrected chi connectivity index (χ0v) is 21.1. The first kappa shape index (κ1) is 25.1. The predicted octanol–water partition coefficient (Wildman–Crippen LogP) is 5.99. The Hall–Kier alpha value is -2.58. The van der Waals surface area contributed by atoms with E-state index in [1.54, 1.807) is 0 Å². The van der Waals surface area contributed by atoms with Crippen LogP contribution in [0.5, 0.6) is 0 Å². The third kappa shape index (κ3) is 4.61. The van der Waals surface area contributed by atoms with Gasteiger partial charge in [0.15, 0.2) is 0 Å². The maximum atomic E-state index is 15.8. The molecule has 3 aromatic rings. The minimum absolute atomic E-state index is 0.0577. The summed E-state index contributed by atoms with van der Waals surface area (Å²) >= 11 is 0. The molecule has 0 amide bonds. The third-order valence-corrected chi connectivity index (χ3v) is 7.56. The summed E-state index contributed by atoms with van der Waals surface area (Å²) in [7, 11) is 0. The van der Waals surface area contributed by atoms with Crippen molar-refractivity contribution in [3.8, 4) is 0 Å². The molecule has 4 nitrogen and oxygen atoms in total. The second-order valence-electron chi connectivity index (χ2n) is 10.9. The monoisotopic (exact) mass is 502 g/mol. The topological polar surface area (TPSA) is 34.3 Å². The Morgan fingerprint density at radius 3 is 2.50 bits per heavy atom. The minimum atomic E-state index is -1.16. The number of aromatic nitrogens is 1. The first-order valence-electron chi connectivity index (χ1n) is 12.7. The molecule has 1 aromatic heterocycles. The molecule has 5 rings (SSSR count). The number of halogens is 4. The van der Waals surface area contributed by atoms with Gasteiger partial charge in [-0.2, -0.15) is 0 Å². The lowest BCUT2D eigenvalue weighted by Gasteiger charge is -2.48. The first-order chi connectivity index (χ1) is 17.2. The average Bonchev–Trinajstić information content (AvgIpc) is 3.13. The molecule has 2 aromatic carbocycles. The van der Waals surface area contributed by atoms with Crippen LogP contribution in [-0.2, 0) is 6.42 Å². The quantitative estimate of drug-likeness (QED) is 0.372. The van der Waals surface area contributed by atoms with Gasteiger partial charge in [-0.15, -0.1) is 0 Å². The molecule has 1 unspecified atom stereocenters. The van der Waals surface area contributed by atoms with Gasteiger partial charge in [-0.3, -0.25) is 14.2 Å². The van der Waals surface area contributed by atoms with Crippen LogP contribution in [0.15, 0.2) is 36.4 Å². The third-order valence-electron chi connectivity index (χ3n) is 7.56. The van der Waals surface area contributed by atoms with Crippen LogP contribution in [0.2, 0.25) is 0 Å². The van der Waals surface area contributed by atoms with E-state index >= 15 is 8.78 Å². The van der Waals surface area contributed by atoms with E-state index < -0.39 is 29.4 Å². The SMILES string of the molecule is CC(F)CN1[C@@H](c2c(F)cc(NC3CN(CCCF)C3)cc2F)c2[nH]c3ccccc3c2CC1(C)C. The average molecular weight is 503 g/mol. The standard InChI is InChI=1S/C28H34F4N4/c1-17(30)14-36-27(26-21(13-28(36,2)3)20-7-4-5-8-24(20)34-26)25-22(31)11-18(12-23(25)32)33-19-15-35(16-19)10-6-9-29/h4-5,7-8,11-12,17,19,27,33-34H,6,9-10,13-16H2,1-3H3/t17?,27-/m0/s1. The fourth-order valence-electron chi connectivity index (χ4n) is 5.90. The van der Waals surface area contributed by atoms with Crippen molar-refractivity contribution in [3.05, 3.63) is 64.9 Å². The van der Waals surface area contributed by atoms with E-state index in [0.29, 0.717) is 38.2 Å². The second kappa shape index (κ2) is 9.71. The van der Waals surface area contributed by atoms with Crippen molar-refractivity contribution in [1.82, 2.24) is 14.8 Å². The molecule has 0 saturated carbocycles. The highest BCUT2D eigenvalue weighted by Gasteiger charge is 2.44. The molecule has 1 fully saturated rings. The van der Waals surface area contributed by atoms with E-state index in [2.05, 4.69) is 15.2 Å². The van der Waals surface area contributed by atoms with Crippen molar-refractivity contribution >= 4 is 16.6 Å². The van der Waals surface area contributed by atoms with Crippen LogP contribution in [0.4, 0.5) is 23.2 Å². The Bertz CT molecular complexity index is 1210. The van der Waals surface area contributed by atoms with Crippen molar-refractivity contribution < 1.29 is 17.6 Å². The van der Waals surface area contributed by atoms with E-state index in [0.717, 1.165) is 22.2 Å². The number of likely N-dealkylation sites (tertiary alicyclic amines) is 1. The fraction of sp³-hybridized carbons (Fsp3) is 0.500. The van der Waals surface area contributed by atoms with Crippen LogP contribution < -0.4 is 5.32 Å². The van der Waals surface area contributed by atoms with Crippen LogP contribution in [0.1, 0.15) is 50.1 Å². The zero-order chi connectivity index (χ0) is 25.6. The number of rotatable bonds is 8. The highest BCUT2D eigenvalue weighted by molar-refractivity contribution is 5.85. The summed E-state index contributed by atoms with van der Waals surface area (Å²) in [5, 5.41) is 4.23. The van der Waals surface area contributed by atoms with Gasteiger partial charge in [0, 0.05) is 59.6 Å². The molecule has 0 bridgehead atoms. The smallest absolute Gasteiger partial charge is 0.133 e. The second-order valence-corrected chi connectivity index (χ2v) is 10.9. The highest BCUT2D eigenvalue weighted by Crippen LogP contribution is 2.46. The number of hydrogen-bond donors (Lipinski definition) is 2. The van der Waals surface area contributed by atoms with Crippen molar-refractivity contribution in [2.45, 2.75) is 57.4 Å². The van der Waals surface area contributed by atoms with Crippen LogP contribution in [0.3, 0.4) is 0 Å². The summed E-state index contributed by atoms with van der Waals surface area (Å²) in [4.78, 5) is 7.40. The molecule has 1 saturated heterocycles. The number of anilines is 1. The van der Waals surface area contributed by atoms with Crippen molar-refractivity contribution in [3.63, 3.8) is 0 Å². The molecular formula is C28H34F4N4. The molecule has 194 valence electrons. The first-order valence-corrected chi connectivity index (χ1v) is 12.7.